The first-order valence-corrected chi connectivity index (χ1v) is 14.0. The monoisotopic (exact) mass is 611 g/mol. The number of hydrogen-bond donors (Lipinski definition) is 3. The van der Waals surface area contributed by atoms with Crippen LogP contribution in [0.1, 0.15) is 32.8 Å². The van der Waals surface area contributed by atoms with E-state index in [9.17, 15) is 22.8 Å². The first kappa shape index (κ1) is 32.1. The van der Waals surface area contributed by atoms with E-state index in [4.69, 9.17) is 4.74 Å². The van der Waals surface area contributed by atoms with Gasteiger partial charge >= 0.3 is 6.18 Å². The summed E-state index contributed by atoms with van der Waals surface area (Å²) in [4.78, 5) is 36.3. The first-order valence-electron chi connectivity index (χ1n) is 14.0. The van der Waals surface area contributed by atoms with Crippen molar-refractivity contribution in [1.29, 1.82) is 0 Å². The van der Waals surface area contributed by atoms with E-state index in [1.54, 1.807) is 24.3 Å². The van der Waals surface area contributed by atoms with Gasteiger partial charge in [0.2, 0.25) is 17.8 Å². The number of nitrogens with zero attached hydrogens (tertiary/aromatic N) is 4. The van der Waals surface area contributed by atoms with E-state index in [0.717, 1.165) is 11.8 Å². The topological polar surface area (TPSA) is 112 Å². The molecule has 3 aromatic rings. The molecule has 0 unspecified atom stereocenters. The zero-order valence-corrected chi connectivity index (χ0v) is 25.1. The summed E-state index contributed by atoms with van der Waals surface area (Å²) in [7, 11) is 1.49. The van der Waals surface area contributed by atoms with Crippen LogP contribution in [-0.2, 0) is 15.8 Å². The molecule has 13 heteroatoms. The molecule has 0 spiro atoms. The maximum atomic E-state index is 13.8. The lowest BCUT2D eigenvalue weighted by molar-refractivity contribution is -0.137. The minimum atomic E-state index is -4.73. The second kappa shape index (κ2) is 13.2. The predicted molar refractivity (Wildman–Crippen MR) is 165 cm³/mol. The minimum absolute atomic E-state index is 0.0759. The van der Waals surface area contributed by atoms with Crippen molar-refractivity contribution in [2.75, 3.05) is 54.1 Å². The largest absolute Gasteiger partial charge is 0.494 e. The van der Waals surface area contributed by atoms with Crippen molar-refractivity contribution in [1.82, 2.24) is 14.9 Å². The van der Waals surface area contributed by atoms with E-state index >= 15 is 0 Å². The number of hydrogen-bond acceptors (Lipinski definition) is 8. The Hall–Kier alpha value is -4.81. The molecule has 1 fully saturated rings. The molecular formula is C31H36F3N7O3. The SMILES string of the molecule is C=CC(=O)Nc1cccc(Nc2nc(Nc3ccc(N4CCN(C(=O)CC(C)(C)C)CC4)cc3OC)ncc2C(F)(F)F)c1. The lowest BCUT2D eigenvalue weighted by atomic mass is 9.91. The summed E-state index contributed by atoms with van der Waals surface area (Å²) in [5, 5.41) is 8.20. The molecule has 10 nitrogen and oxygen atoms in total. The molecule has 234 valence electrons. The van der Waals surface area contributed by atoms with Crippen molar-refractivity contribution in [2.24, 2.45) is 5.41 Å². The normalized spacial score (nSPS) is 13.7. The van der Waals surface area contributed by atoms with Gasteiger partial charge in [-0.3, -0.25) is 9.59 Å². The van der Waals surface area contributed by atoms with Crippen molar-refractivity contribution in [3.05, 3.63) is 66.9 Å². The molecule has 4 rings (SSSR count). The number of alkyl halides is 3. The number of halogens is 3. The Kier molecular flexibility index (Phi) is 9.65. The summed E-state index contributed by atoms with van der Waals surface area (Å²) in [5.74, 6) is -0.436. The highest BCUT2D eigenvalue weighted by Crippen LogP contribution is 2.37. The molecular weight excluding hydrogens is 575 g/mol. The Morgan fingerprint density at radius 2 is 1.73 bits per heavy atom. The molecule has 0 atom stereocenters. The van der Waals surface area contributed by atoms with Gasteiger partial charge in [0.15, 0.2) is 0 Å². The molecule has 3 N–H and O–H groups in total. The Balaban J connectivity index is 1.51. The molecule has 44 heavy (non-hydrogen) atoms. The van der Waals surface area contributed by atoms with Crippen LogP contribution in [0.15, 0.2) is 61.3 Å². The Morgan fingerprint density at radius 1 is 1.02 bits per heavy atom. The van der Waals surface area contributed by atoms with Crippen LogP contribution in [0.5, 0.6) is 5.75 Å². The van der Waals surface area contributed by atoms with Gasteiger partial charge in [-0.15, -0.1) is 0 Å². The summed E-state index contributed by atoms with van der Waals surface area (Å²) in [6.45, 7) is 12.0. The predicted octanol–water partition coefficient (Wildman–Crippen LogP) is 6.20. The van der Waals surface area contributed by atoms with Crippen LogP contribution in [0, 0.1) is 5.41 Å². The second-order valence-corrected chi connectivity index (χ2v) is 11.5. The van der Waals surface area contributed by atoms with Gasteiger partial charge in [-0.25, -0.2) is 4.98 Å². The molecule has 0 bridgehead atoms. The number of rotatable bonds is 9. The van der Waals surface area contributed by atoms with Gasteiger partial charge in [0, 0.05) is 61.9 Å². The van der Waals surface area contributed by atoms with Crippen LogP contribution < -0.4 is 25.6 Å². The Labute approximate surface area is 254 Å². The number of benzene rings is 2. The number of nitrogens with one attached hydrogen (secondary N) is 3. The molecule has 2 aromatic carbocycles. The van der Waals surface area contributed by atoms with Crippen molar-refractivity contribution in [3.8, 4) is 5.75 Å². The number of anilines is 6. The molecule has 2 amide bonds. The third-order valence-electron chi connectivity index (χ3n) is 6.78. The van der Waals surface area contributed by atoms with Crippen LogP contribution >= 0.6 is 0 Å². The molecule has 0 aliphatic carbocycles. The van der Waals surface area contributed by atoms with Gasteiger partial charge in [0.25, 0.3) is 0 Å². The number of piperazine rings is 1. The van der Waals surface area contributed by atoms with E-state index < -0.39 is 23.5 Å². The average Bonchev–Trinajstić information content (AvgIpc) is 2.96. The van der Waals surface area contributed by atoms with Gasteiger partial charge < -0.3 is 30.5 Å². The summed E-state index contributed by atoms with van der Waals surface area (Å²) in [6.07, 6.45) is -2.45. The molecule has 1 aromatic heterocycles. The Morgan fingerprint density at radius 3 is 2.36 bits per heavy atom. The highest BCUT2D eigenvalue weighted by atomic mass is 19.4. The first-order chi connectivity index (χ1) is 20.8. The average molecular weight is 612 g/mol. The zero-order chi connectivity index (χ0) is 32.1. The van der Waals surface area contributed by atoms with E-state index in [2.05, 4.69) is 37.4 Å². The number of amides is 2. The van der Waals surface area contributed by atoms with Gasteiger partial charge in [-0.05, 0) is 41.8 Å². The van der Waals surface area contributed by atoms with E-state index in [0.29, 0.717) is 55.9 Å². The van der Waals surface area contributed by atoms with Crippen molar-refractivity contribution in [2.45, 2.75) is 33.4 Å². The fourth-order valence-electron chi connectivity index (χ4n) is 4.63. The van der Waals surface area contributed by atoms with Gasteiger partial charge in [0.1, 0.15) is 17.1 Å². The Bertz CT molecular complexity index is 1510. The van der Waals surface area contributed by atoms with E-state index in [1.807, 2.05) is 37.8 Å². The lowest BCUT2D eigenvalue weighted by Crippen LogP contribution is -2.49. The van der Waals surface area contributed by atoms with Crippen LogP contribution in [-0.4, -0.2) is 60.0 Å². The third-order valence-corrected chi connectivity index (χ3v) is 6.78. The minimum Gasteiger partial charge on any atom is -0.494 e. The highest BCUT2D eigenvalue weighted by Gasteiger charge is 2.35. The smallest absolute Gasteiger partial charge is 0.421 e. The molecule has 2 heterocycles. The van der Waals surface area contributed by atoms with Crippen molar-refractivity contribution in [3.63, 3.8) is 0 Å². The fraction of sp³-hybridized carbons (Fsp3) is 0.355. The summed E-state index contributed by atoms with van der Waals surface area (Å²) >= 11 is 0. The number of carbonyl (C=O) groups excluding carboxylic acids is 2. The molecule has 0 radical (unpaired) electrons. The van der Waals surface area contributed by atoms with Crippen molar-refractivity contribution < 1.29 is 27.5 Å². The van der Waals surface area contributed by atoms with Crippen LogP contribution in [0.25, 0.3) is 0 Å². The fourth-order valence-corrected chi connectivity index (χ4v) is 4.63. The summed E-state index contributed by atoms with van der Waals surface area (Å²) in [5.41, 5.74) is 0.830. The quantitative estimate of drug-likeness (QED) is 0.245. The maximum absolute atomic E-state index is 13.8. The van der Waals surface area contributed by atoms with Crippen LogP contribution in [0.3, 0.4) is 0 Å². The zero-order valence-electron chi connectivity index (χ0n) is 25.1. The second-order valence-electron chi connectivity index (χ2n) is 11.5. The highest BCUT2D eigenvalue weighted by molar-refractivity contribution is 5.99. The third kappa shape index (κ3) is 8.39. The summed E-state index contributed by atoms with van der Waals surface area (Å²) < 4.78 is 47.1. The number of aromatic nitrogens is 2. The van der Waals surface area contributed by atoms with Gasteiger partial charge in [0.05, 0.1) is 12.8 Å². The van der Waals surface area contributed by atoms with Gasteiger partial charge in [-0.2, -0.15) is 18.2 Å². The number of methoxy groups -OCH3 is 1. The molecule has 1 saturated heterocycles. The molecule has 1 aliphatic heterocycles. The van der Waals surface area contributed by atoms with E-state index in [-0.39, 0.29) is 23.0 Å². The molecule has 1 aliphatic rings. The van der Waals surface area contributed by atoms with E-state index in [1.165, 1.54) is 13.2 Å². The summed E-state index contributed by atoms with van der Waals surface area (Å²) in [6, 6.07) is 11.6. The molecule has 0 saturated carbocycles. The number of carbonyl (C=O) groups is 2. The van der Waals surface area contributed by atoms with Crippen molar-refractivity contribution >= 4 is 46.3 Å². The maximum Gasteiger partial charge on any atom is 0.421 e. The van der Waals surface area contributed by atoms with Crippen LogP contribution in [0.2, 0.25) is 0 Å². The number of ether oxygens (including phenoxy) is 1. The van der Waals surface area contributed by atoms with Crippen LogP contribution in [0.4, 0.5) is 47.7 Å². The standard InChI is InChI=1S/C31H36F3N7O3/c1-6-26(42)36-20-8-7-9-21(16-20)37-28-23(31(32,33)34)19-35-29(39-28)38-24-11-10-22(17-25(24)44-5)40-12-14-41(15-13-40)27(43)18-30(2,3)4/h6-11,16-17,19H,1,12-15,18H2,2-5H3,(H,36,42)(H2,35,37,38,39). The van der Waals surface area contributed by atoms with Gasteiger partial charge in [-0.1, -0.05) is 33.4 Å². The lowest BCUT2D eigenvalue weighted by Gasteiger charge is -2.37.